The van der Waals surface area contributed by atoms with Gasteiger partial charge in [0.25, 0.3) is 0 Å². The van der Waals surface area contributed by atoms with Gasteiger partial charge in [0.05, 0.1) is 11.6 Å². The van der Waals surface area contributed by atoms with E-state index in [0.29, 0.717) is 0 Å². The normalized spacial score (nSPS) is 29.3. The van der Waals surface area contributed by atoms with Crippen molar-refractivity contribution in [3.8, 4) is 0 Å². The number of nitrogens with zero attached hydrogens (tertiary/aromatic N) is 1. The zero-order chi connectivity index (χ0) is 22.1. The second-order valence-electron chi connectivity index (χ2n) is 8.58. The number of cyclic esters (lactones) is 1. The fourth-order valence-electron chi connectivity index (χ4n) is 5.16. The molecule has 2 aliphatic rings. The third kappa shape index (κ3) is 3.32. The molecule has 0 saturated carbocycles. The number of rotatable bonds is 5. The Balaban J connectivity index is 1.58. The van der Waals surface area contributed by atoms with Gasteiger partial charge in [-0.2, -0.15) is 0 Å². The van der Waals surface area contributed by atoms with Gasteiger partial charge in [0.2, 0.25) is 0 Å². The molecule has 1 heterocycles. The van der Waals surface area contributed by atoms with Crippen molar-refractivity contribution in [1.29, 1.82) is 0 Å². The maximum Gasteiger partial charge on any atom is 0.411 e. The standard InChI is InChI=1S/C28H27NO3/c1-28(31-2)23(20-12-6-3-7-13-20)18-19-24(28)29-25(21-14-8-4-9-15-21)26(32-27(29)30)22-16-10-5-11-17-22/h3-19,23-26H,1-2H3/t23-,24-,25-,26+,28-/m1/s1. The summed E-state index contributed by atoms with van der Waals surface area (Å²) in [6.07, 6.45) is 3.55. The van der Waals surface area contributed by atoms with Crippen molar-refractivity contribution in [1.82, 2.24) is 4.90 Å². The van der Waals surface area contributed by atoms with E-state index in [1.807, 2.05) is 71.6 Å². The number of ether oxygens (including phenoxy) is 2. The molecule has 5 atom stereocenters. The van der Waals surface area contributed by atoms with Gasteiger partial charge in [-0.15, -0.1) is 0 Å². The molecule has 1 saturated heterocycles. The van der Waals surface area contributed by atoms with Crippen LogP contribution in [-0.2, 0) is 9.47 Å². The molecule has 162 valence electrons. The van der Waals surface area contributed by atoms with Crippen LogP contribution in [0.25, 0.3) is 0 Å². The first kappa shape index (κ1) is 20.5. The number of methoxy groups -OCH3 is 1. The number of hydrogen-bond acceptors (Lipinski definition) is 3. The van der Waals surface area contributed by atoms with Gasteiger partial charge in [-0.05, 0) is 23.6 Å². The molecule has 5 rings (SSSR count). The summed E-state index contributed by atoms with van der Waals surface area (Å²) in [7, 11) is 1.73. The Morgan fingerprint density at radius 2 is 1.31 bits per heavy atom. The topological polar surface area (TPSA) is 38.8 Å². The van der Waals surface area contributed by atoms with Crippen LogP contribution in [0, 0.1) is 0 Å². The van der Waals surface area contributed by atoms with Crippen molar-refractivity contribution in [3.05, 3.63) is 120 Å². The third-order valence-electron chi connectivity index (χ3n) is 6.88. The Bertz CT molecular complexity index is 1100. The van der Waals surface area contributed by atoms with Crippen molar-refractivity contribution in [2.45, 2.75) is 36.6 Å². The Labute approximate surface area is 189 Å². The monoisotopic (exact) mass is 425 g/mol. The molecule has 0 radical (unpaired) electrons. The highest BCUT2D eigenvalue weighted by Gasteiger charge is 2.55. The summed E-state index contributed by atoms with van der Waals surface area (Å²) in [6, 6.07) is 29.9. The van der Waals surface area contributed by atoms with Gasteiger partial charge < -0.3 is 9.47 Å². The summed E-state index contributed by atoms with van der Waals surface area (Å²) < 4.78 is 12.2. The van der Waals surface area contributed by atoms with Gasteiger partial charge in [0, 0.05) is 13.0 Å². The van der Waals surface area contributed by atoms with Gasteiger partial charge in [0.15, 0.2) is 6.10 Å². The molecule has 0 aromatic heterocycles. The van der Waals surface area contributed by atoms with Crippen molar-refractivity contribution in [2.24, 2.45) is 0 Å². The number of carbonyl (C=O) groups excluding carboxylic acids is 1. The second kappa shape index (κ2) is 8.29. The van der Waals surface area contributed by atoms with Crippen LogP contribution in [0.2, 0.25) is 0 Å². The van der Waals surface area contributed by atoms with Gasteiger partial charge in [-0.1, -0.05) is 103 Å². The molecule has 4 nitrogen and oxygen atoms in total. The average Bonchev–Trinajstić information content (AvgIpc) is 3.37. The molecule has 1 aliphatic heterocycles. The molecule has 1 fully saturated rings. The van der Waals surface area contributed by atoms with Crippen LogP contribution in [-0.4, -0.2) is 29.7 Å². The Morgan fingerprint density at radius 1 is 0.781 bits per heavy atom. The van der Waals surface area contributed by atoms with E-state index in [2.05, 4.69) is 43.3 Å². The molecule has 0 spiro atoms. The summed E-state index contributed by atoms with van der Waals surface area (Å²) in [6.45, 7) is 2.08. The van der Waals surface area contributed by atoms with E-state index in [0.717, 1.165) is 11.1 Å². The quantitative estimate of drug-likeness (QED) is 0.467. The predicted molar refractivity (Wildman–Crippen MR) is 124 cm³/mol. The first-order valence-corrected chi connectivity index (χ1v) is 11.0. The van der Waals surface area contributed by atoms with Crippen LogP contribution < -0.4 is 0 Å². The van der Waals surface area contributed by atoms with E-state index in [1.165, 1.54) is 5.56 Å². The molecule has 0 unspecified atom stereocenters. The lowest BCUT2D eigenvalue weighted by Gasteiger charge is -2.41. The highest BCUT2D eigenvalue weighted by atomic mass is 16.6. The van der Waals surface area contributed by atoms with Gasteiger partial charge in [-0.25, -0.2) is 4.79 Å². The molecular weight excluding hydrogens is 398 g/mol. The lowest BCUT2D eigenvalue weighted by Crippen LogP contribution is -2.52. The lowest BCUT2D eigenvalue weighted by atomic mass is 9.82. The molecule has 3 aromatic carbocycles. The molecule has 32 heavy (non-hydrogen) atoms. The minimum absolute atomic E-state index is 0.0266. The smallest absolute Gasteiger partial charge is 0.411 e. The minimum atomic E-state index is -0.626. The summed E-state index contributed by atoms with van der Waals surface area (Å²) in [5, 5.41) is 0. The van der Waals surface area contributed by atoms with Crippen LogP contribution >= 0.6 is 0 Å². The third-order valence-corrected chi connectivity index (χ3v) is 6.88. The van der Waals surface area contributed by atoms with Crippen LogP contribution in [0.15, 0.2) is 103 Å². The van der Waals surface area contributed by atoms with Crippen molar-refractivity contribution >= 4 is 6.09 Å². The highest BCUT2D eigenvalue weighted by molar-refractivity contribution is 5.73. The van der Waals surface area contributed by atoms with Crippen LogP contribution in [0.5, 0.6) is 0 Å². The number of hydrogen-bond donors (Lipinski definition) is 0. The molecule has 3 aromatic rings. The van der Waals surface area contributed by atoms with E-state index in [4.69, 9.17) is 9.47 Å². The summed E-state index contributed by atoms with van der Waals surface area (Å²) in [5.41, 5.74) is 2.57. The Morgan fingerprint density at radius 3 is 1.88 bits per heavy atom. The van der Waals surface area contributed by atoms with Crippen LogP contribution in [0.3, 0.4) is 0 Å². The van der Waals surface area contributed by atoms with Gasteiger partial charge in [0.1, 0.15) is 6.04 Å². The molecule has 0 bridgehead atoms. The maximum atomic E-state index is 13.4. The van der Waals surface area contributed by atoms with Crippen LogP contribution in [0.4, 0.5) is 4.79 Å². The first-order chi connectivity index (χ1) is 15.6. The second-order valence-corrected chi connectivity index (χ2v) is 8.58. The van der Waals surface area contributed by atoms with Crippen LogP contribution in [0.1, 0.15) is 41.7 Å². The van der Waals surface area contributed by atoms with E-state index in [-0.39, 0.29) is 24.1 Å². The predicted octanol–water partition coefficient (Wildman–Crippen LogP) is 6.05. The number of carbonyl (C=O) groups is 1. The SMILES string of the molecule is CO[C@]1(C)[C@@H](c2ccccc2)C=C[C@H]1N1C(=O)O[C@@H](c2ccccc2)[C@H]1c1ccccc1. The van der Waals surface area contributed by atoms with Crippen molar-refractivity contribution in [3.63, 3.8) is 0 Å². The summed E-state index contributed by atoms with van der Waals surface area (Å²) in [5.74, 6) is 0.0266. The van der Waals surface area contributed by atoms with E-state index >= 15 is 0 Å². The Hall–Kier alpha value is -3.37. The zero-order valence-electron chi connectivity index (χ0n) is 18.3. The van der Waals surface area contributed by atoms with Gasteiger partial charge >= 0.3 is 6.09 Å². The lowest BCUT2D eigenvalue weighted by molar-refractivity contribution is -0.0461. The van der Waals surface area contributed by atoms with E-state index in [1.54, 1.807) is 7.11 Å². The zero-order valence-corrected chi connectivity index (χ0v) is 18.3. The Kier molecular flexibility index (Phi) is 5.32. The van der Waals surface area contributed by atoms with Crippen molar-refractivity contribution < 1.29 is 14.3 Å². The first-order valence-electron chi connectivity index (χ1n) is 11.0. The fraction of sp³-hybridized carbons (Fsp3) is 0.250. The molecule has 4 heteroatoms. The number of amides is 1. The average molecular weight is 426 g/mol. The maximum absolute atomic E-state index is 13.4. The summed E-state index contributed by atoms with van der Waals surface area (Å²) >= 11 is 0. The van der Waals surface area contributed by atoms with Gasteiger partial charge in [-0.3, -0.25) is 4.90 Å². The molecule has 1 amide bonds. The molecular formula is C28H27NO3. The largest absolute Gasteiger partial charge is 0.439 e. The van der Waals surface area contributed by atoms with Crippen molar-refractivity contribution in [2.75, 3.05) is 7.11 Å². The highest BCUT2D eigenvalue weighted by Crippen LogP contribution is 2.50. The van der Waals surface area contributed by atoms with E-state index < -0.39 is 11.7 Å². The summed E-state index contributed by atoms with van der Waals surface area (Å²) in [4.78, 5) is 15.3. The fourth-order valence-corrected chi connectivity index (χ4v) is 5.16. The minimum Gasteiger partial charge on any atom is -0.439 e. The number of benzene rings is 3. The van der Waals surface area contributed by atoms with E-state index in [9.17, 15) is 4.79 Å². The molecule has 0 N–H and O–H groups in total. The molecule has 1 aliphatic carbocycles.